The summed E-state index contributed by atoms with van der Waals surface area (Å²) >= 11 is 6.01. The van der Waals surface area contributed by atoms with Crippen molar-refractivity contribution in [2.24, 2.45) is 10.9 Å². The number of hydrogen-bond acceptors (Lipinski definition) is 6. The highest BCUT2D eigenvalue weighted by molar-refractivity contribution is 7.89. The van der Waals surface area contributed by atoms with Crippen LogP contribution in [-0.2, 0) is 14.8 Å². The van der Waals surface area contributed by atoms with E-state index in [9.17, 15) is 13.2 Å². The Hall–Kier alpha value is -2.95. The van der Waals surface area contributed by atoms with E-state index in [4.69, 9.17) is 11.6 Å². The molecule has 1 fully saturated rings. The molecule has 1 atom stereocenters. The third-order valence-electron chi connectivity index (χ3n) is 6.01. The van der Waals surface area contributed by atoms with Crippen LogP contribution in [0.5, 0.6) is 0 Å². The molecule has 5 rings (SSSR count). The maximum absolute atomic E-state index is 13.1. The van der Waals surface area contributed by atoms with Crippen LogP contribution in [-0.4, -0.2) is 78.6 Å². The molecule has 3 aromatic rings. The van der Waals surface area contributed by atoms with E-state index in [0.29, 0.717) is 36.7 Å². The molecule has 33 heavy (non-hydrogen) atoms. The molecule has 1 unspecified atom stereocenters. The molecule has 2 aliphatic heterocycles. The first-order valence-electron chi connectivity index (χ1n) is 10.7. The number of pyridine rings is 1. The van der Waals surface area contributed by atoms with Crippen molar-refractivity contribution in [2.75, 3.05) is 39.3 Å². The summed E-state index contributed by atoms with van der Waals surface area (Å²) in [6.07, 6.45) is 3.41. The molecule has 2 N–H and O–H groups in total. The number of fused-ring (bicyclic) bond motifs is 1. The summed E-state index contributed by atoms with van der Waals surface area (Å²) in [7, 11) is -3.69. The van der Waals surface area contributed by atoms with E-state index in [1.54, 1.807) is 41.6 Å². The van der Waals surface area contributed by atoms with Crippen LogP contribution < -0.4 is 5.32 Å². The summed E-state index contributed by atoms with van der Waals surface area (Å²) in [5, 5.41) is 4.66. The molecule has 0 radical (unpaired) electrons. The van der Waals surface area contributed by atoms with Gasteiger partial charge in [-0.15, -0.1) is 0 Å². The number of hydrogen-bond donors (Lipinski definition) is 2. The molecule has 1 amide bonds. The number of nitrogens with zero attached hydrogens (tertiary/aromatic N) is 4. The van der Waals surface area contributed by atoms with E-state index in [1.807, 2.05) is 12.1 Å². The van der Waals surface area contributed by atoms with Gasteiger partial charge in [-0.3, -0.25) is 14.8 Å². The highest BCUT2D eigenvalue weighted by Crippen LogP contribution is 2.25. The van der Waals surface area contributed by atoms with Crippen LogP contribution in [0.3, 0.4) is 0 Å². The van der Waals surface area contributed by atoms with Crippen LogP contribution in [0.2, 0.25) is 5.02 Å². The monoisotopic (exact) mass is 486 g/mol. The molecular weight excluding hydrogens is 464 g/mol. The lowest BCUT2D eigenvalue weighted by Gasteiger charge is -2.36. The number of halogens is 1. The van der Waals surface area contributed by atoms with Crippen LogP contribution in [0, 0.1) is 5.92 Å². The van der Waals surface area contributed by atoms with Gasteiger partial charge in [0, 0.05) is 66.6 Å². The number of nitrogens with one attached hydrogen (secondary N) is 2. The predicted octanol–water partition coefficient (Wildman–Crippen LogP) is 1.72. The maximum Gasteiger partial charge on any atom is 0.258 e. The second-order valence-electron chi connectivity index (χ2n) is 8.10. The van der Waals surface area contributed by atoms with Crippen molar-refractivity contribution >= 4 is 44.3 Å². The van der Waals surface area contributed by atoms with Gasteiger partial charge in [0.25, 0.3) is 10.0 Å². The number of aromatic nitrogens is 2. The van der Waals surface area contributed by atoms with Crippen molar-refractivity contribution < 1.29 is 13.2 Å². The minimum absolute atomic E-state index is 0.00247. The van der Waals surface area contributed by atoms with E-state index in [1.165, 1.54) is 4.31 Å². The lowest BCUT2D eigenvalue weighted by atomic mass is 10.1. The first kappa shape index (κ1) is 21.9. The largest absolute Gasteiger partial charge is 0.369 e. The second kappa shape index (κ2) is 8.77. The van der Waals surface area contributed by atoms with Crippen molar-refractivity contribution in [3.05, 3.63) is 59.4 Å². The highest BCUT2D eigenvalue weighted by atomic mass is 35.5. The van der Waals surface area contributed by atoms with Gasteiger partial charge in [0.15, 0.2) is 0 Å². The number of aliphatic imine (C=N–C) groups is 1. The van der Waals surface area contributed by atoms with Crippen molar-refractivity contribution in [2.45, 2.75) is 5.03 Å². The fourth-order valence-corrected chi connectivity index (χ4v) is 5.79. The van der Waals surface area contributed by atoms with Gasteiger partial charge < -0.3 is 15.2 Å². The van der Waals surface area contributed by atoms with Gasteiger partial charge in [-0.1, -0.05) is 11.6 Å². The lowest BCUT2D eigenvalue weighted by Crippen LogP contribution is -2.54. The summed E-state index contributed by atoms with van der Waals surface area (Å²) in [5.41, 5.74) is 1.65. The molecule has 11 heteroatoms. The molecule has 9 nitrogen and oxygen atoms in total. The third-order valence-corrected chi connectivity index (χ3v) is 8.07. The van der Waals surface area contributed by atoms with E-state index in [2.05, 4.69) is 20.3 Å². The second-order valence-corrected chi connectivity index (χ2v) is 10.4. The zero-order valence-corrected chi connectivity index (χ0v) is 19.3. The Kier molecular flexibility index (Phi) is 5.81. The Morgan fingerprint density at radius 1 is 1.06 bits per heavy atom. The molecule has 0 saturated carbocycles. The number of carbonyl (C=O) groups is 1. The minimum Gasteiger partial charge on any atom is -0.369 e. The summed E-state index contributed by atoms with van der Waals surface area (Å²) < 4.78 is 27.7. The molecule has 2 aliphatic rings. The third kappa shape index (κ3) is 4.33. The Morgan fingerprint density at radius 3 is 2.52 bits per heavy atom. The smallest absolute Gasteiger partial charge is 0.258 e. The van der Waals surface area contributed by atoms with Gasteiger partial charge >= 0.3 is 0 Å². The summed E-state index contributed by atoms with van der Waals surface area (Å²) in [6.45, 7) is 2.09. The number of piperazine rings is 1. The molecule has 0 aliphatic carbocycles. The zero-order valence-electron chi connectivity index (χ0n) is 17.7. The normalized spacial score (nSPS) is 19.8. The van der Waals surface area contributed by atoms with Crippen LogP contribution in [0.4, 0.5) is 0 Å². The van der Waals surface area contributed by atoms with Crippen molar-refractivity contribution in [1.82, 2.24) is 24.5 Å². The molecule has 4 heterocycles. The molecule has 1 aromatic carbocycles. The Morgan fingerprint density at radius 2 is 1.82 bits per heavy atom. The van der Waals surface area contributed by atoms with Crippen LogP contribution >= 0.6 is 11.6 Å². The first-order valence-corrected chi connectivity index (χ1v) is 12.5. The molecular formula is C22H23ClN6O3S. The van der Waals surface area contributed by atoms with E-state index >= 15 is 0 Å². The Balaban J connectivity index is 1.21. The minimum atomic E-state index is -3.69. The number of benzene rings is 1. The molecule has 172 valence electrons. The average molecular weight is 487 g/mol. The molecule has 1 saturated heterocycles. The number of carbonyl (C=O) groups excluding carboxylic acids is 1. The van der Waals surface area contributed by atoms with E-state index in [-0.39, 0.29) is 29.9 Å². The van der Waals surface area contributed by atoms with Gasteiger partial charge in [0.1, 0.15) is 10.9 Å². The lowest BCUT2D eigenvalue weighted by molar-refractivity contribution is -0.136. The number of rotatable bonds is 4. The predicted molar refractivity (Wildman–Crippen MR) is 126 cm³/mol. The highest BCUT2D eigenvalue weighted by Gasteiger charge is 2.34. The number of sulfonamides is 1. The number of H-pyrrole nitrogens is 1. The van der Waals surface area contributed by atoms with Crippen molar-refractivity contribution in [3.8, 4) is 0 Å². The topological polar surface area (TPSA) is 111 Å². The van der Waals surface area contributed by atoms with Crippen molar-refractivity contribution in [3.63, 3.8) is 0 Å². The van der Waals surface area contributed by atoms with Crippen molar-refractivity contribution in [1.29, 1.82) is 0 Å². The Bertz CT molecular complexity index is 1320. The average Bonchev–Trinajstić information content (AvgIpc) is 3.28. The number of amidine groups is 1. The fraction of sp³-hybridized carbons (Fsp3) is 0.318. The Labute approximate surface area is 196 Å². The molecule has 2 aromatic heterocycles. The number of amides is 1. The summed E-state index contributed by atoms with van der Waals surface area (Å²) in [5.74, 6) is 0.492. The number of aromatic amines is 1. The summed E-state index contributed by atoms with van der Waals surface area (Å²) in [6, 6.07) is 10.5. The van der Waals surface area contributed by atoms with Gasteiger partial charge in [-0.2, -0.15) is 4.31 Å². The standard InChI is InChI=1S/C22H23ClN6O3S/c23-18-1-2-19-16(11-18)12-20(27-19)33(31,32)29-9-7-28(8-10-29)22(30)17-13-25-21(26-14-17)15-3-5-24-6-4-15/h1-6,11-12,17,27H,7-10,13-14H2,(H,25,26). The summed E-state index contributed by atoms with van der Waals surface area (Å²) in [4.78, 5) is 26.2. The fourth-order valence-electron chi connectivity index (χ4n) is 4.17. The molecule has 0 spiro atoms. The first-order chi connectivity index (χ1) is 15.9. The van der Waals surface area contributed by atoms with E-state index in [0.717, 1.165) is 16.8 Å². The van der Waals surface area contributed by atoms with Gasteiger partial charge in [-0.05, 0) is 36.4 Å². The maximum atomic E-state index is 13.1. The van der Waals surface area contributed by atoms with Crippen LogP contribution in [0.25, 0.3) is 10.9 Å². The van der Waals surface area contributed by atoms with E-state index < -0.39 is 10.0 Å². The van der Waals surface area contributed by atoms with Gasteiger partial charge in [0.05, 0.1) is 12.5 Å². The molecule has 0 bridgehead atoms. The van der Waals surface area contributed by atoms with Crippen LogP contribution in [0.1, 0.15) is 5.56 Å². The zero-order chi connectivity index (χ0) is 23.0. The SMILES string of the molecule is O=C(C1CN=C(c2ccncc2)NC1)N1CCN(S(=O)(=O)c2cc3cc(Cl)ccc3[nH]2)CC1. The quantitative estimate of drug-likeness (QED) is 0.583. The van der Waals surface area contributed by atoms with Gasteiger partial charge in [0.2, 0.25) is 5.91 Å². The van der Waals surface area contributed by atoms with Gasteiger partial charge in [-0.25, -0.2) is 8.42 Å². The van der Waals surface area contributed by atoms with Crippen LogP contribution in [0.15, 0.2) is 58.8 Å².